The highest BCUT2D eigenvalue weighted by molar-refractivity contribution is 5.82. The van der Waals surface area contributed by atoms with Gasteiger partial charge in [-0.05, 0) is 43.2 Å². The van der Waals surface area contributed by atoms with Gasteiger partial charge in [-0.15, -0.1) is 0 Å². The molecule has 0 atom stereocenters. The molecule has 0 bridgehead atoms. The summed E-state index contributed by atoms with van der Waals surface area (Å²) >= 11 is 0. The van der Waals surface area contributed by atoms with Crippen molar-refractivity contribution < 1.29 is 4.92 Å². The molecule has 0 radical (unpaired) electrons. The normalized spacial score (nSPS) is 10.9. The number of aryl methyl sites for hydroxylation is 2. The van der Waals surface area contributed by atoms with Gasteiger partial charge in [-0.2, -0.15) is 0 Å². The zero-order valence-electron chi connectivity index (χ0n) is 11.1. The van der Waals surface area contributed by atoms with E-state index in [2.05, 4.69) is 9.98 Å². The number of H-pyrrole nitrogens is 1. The Hall–Kier alpha value is -2.76. The van der Waals surface area contributed by atoms with Gasteiger partial charge < -0.3 is 4.98 Å². The molecule has 1 aromatic carbocycles. The summed E-state index contributed by atoms with van der Waals surface area (Å²) in [6, 6.07) is 7.80. The van der Waals surface area contributed by atoms with E-state index < -0.39 is 4.92 Å². The van der Waals surface area contributed by atoms with Crippen LogP contribution < -0.4 is 5.56 Å². The Kier molecular flexibility index (Phi) is 3.74. The average Bonchev–Trinajstić information content (AvgIpc) is 2.38. The van der Waals surface area contributed by atoms with Crippen LogP contribution in [-0.4, -0.2) is 16.1 Å². The van der Waals surface area contributed by atoms with Crippen LogP contribution in [0.5, 0.6) is 0 Å². The SMILES string of the molecule is Cc1cc(C)c(N=Cc2ccc([N+](=O)[O-])cc2)c(=O)[nH]1. The number of nitro benzene ring substituents is 1. The molecular weight excluding hydrogens is 258 g/mol. The maximum Gasteiger partial charge on any atom is 0.274 e. The van der Waals surface area contributed by atoms with Gasteiger partial charge in [0.1, 0.15) is 5.69 Å². The molecule has 102 valence electrons. The lowest BCUT2D eigenvalue weighted by Gasteiger charge is -2.00. The van der Waals surface area contributed by atoms with Gasteiger partial charge in [0.25, 0.3) is 11.2 Å². The molecule has 0 unspecified atom stereocenters. The van der Waals surface area contributed by atoms with Gasteiger partial charge in [0.15, 0.2) is 0 Å². The summed E-state index contributed by atoms with van der Waals surface area (Å²) in [5, 5.41) is 10.5. The highest BCUT2D eigenvalue weighted by atomic mass is 16.6. The fraction of sp³-hybridized carbons (Fsp3) is 0.143. The first-order chi connectivity index (χ1) is 9.47. The number of nitrogens with zero attached hydrogens (tertiary/aromatic N) is 2. The van der Waals surface area contributed by atoms with Crippen molar-refractivity contribution in [2.45, 2.75) is 13.8 Å². The lowest BCUT2D eigenvalue weighted by molar-refractivity contribution is -0.384. The van der Waals surface area contributed by atoms with Gasteiger partial charge in [-0.25, -0.2) is 0 Å². The van der Waals surface area contributed by atoms with Crippen molar-refractivity contribution in [3.05, 3.63) is 67.6 Å². The van der Waals surface area contributed by atoms with E-state index >= 15 is 0 Å². The Morgan fingerprint density at radius 2 is 1.90 bits per heavy atom. The predicted molar refractivity (Wildman–Crippen MR) is 76.9 cm³/mol. The van der Waals surface area contributed by atoms with Crippen LogP contribution in [0.2, 0.25) is 0 Å². The summed E-state index contributed by atoms with van der Waals surface area (Å²) in [5.74, 6) is 0. The quantitative estimate of drug-likeness (QED) is 0.528. The van der Waals surface area contributed by atoms with Crippen LogP contribution >= 0.6 is 0 Å². The molecule has 2 rings (SSSR count). The van der Waals surface area contributed by atoms with Crippen LogP contribution in [0.1, 0.15) is 16.8 Å². The number of nitrogens with one attached hydrogen (secondary N) is 1. The number of hydrogen-bond acceptors (Lipinski definition) is 4. The van der Waals surface area contributed by atoms with Crippen molar-refractivity contribution in [1.29, 1.82) is 0 Å². The van der Waals surface area contributed by atoms with Crippen molar-refractivity contribution in [3.63, 3.8) is 0 Å². The van der Waals surface area contributed by atoms with Crippen LogP contribution in [-0.2, 0) is 0 Å². The summed E-state index contributed by atoms with van der Waals surface area (Å²) in [6.45, 7) is 3.61. The Morgan fingerprint density at radius 3 is 2.45 bits per heavy atom. The van der Waals surface area contributed by atoms with Crippen LogP contribution in [0.4, 0.5) is 11.4 Å². The molecule has 0 saturated heterocycles. The molecule has 1 aromatic heterocycles. The minimum absolute atomic E-state index is 0.0199. The van der Waals surface area contributed by atoms with E-state index in [1.54, 1.807) is 19.1 Å². The molecule has 20 heavy (non-hydrogen) atoms. The Labute approximate surface area is 115 Å². The van der Waals surface area contributed by atoms with E-state index in [1.165, 1.54) is 18.3 Å². The average molecular weight is 271 g/mol. The molecule has 0 amide bonds. The molecule has 1 N–H and O–H groups in total. The van der Waals surface area contributed by atoms with Gasteiger partial charge in [0.2, 0.25) is 0 Å². The van der Waals surface area contributed by atoms with Gasteiger partial charge in [-0.3, -0.25) is 19.9 Å². The third-order valence-electron chi connectivity index (χ3n) is 2.78. The number of benzene rings is 1. The molecule has 0 aliphatic carbocycles. The Morgan fingerprint density at radius 1 is 1.25 bits per heavy atom. The molecule has 2 aromatic rings. The van der Waals surface area contributed by atoms with Crippen molar-refractivity contribution in [2.24, 2.45) is 4.99 Å². The van der Waals surface area contributed by atoms with E-state index in [0.717, 1.165) is 11.3 Å². The van der Waals surface area contributed by atoms with Gasteiger partial charge in [0, 0.05) is 24.0 Å². The summed E-state index contributed by atoms with van der Waals surface area (Å²) in [4.78, 5) is 28.7. The molecule has 0 aliphatic heterocycles. The molecule has 0 fully saturated rings. The number of hydrogen-bond donors (Lipinski definition) is 1. The summed E-state index contributed by atoms with van der Waals surface area (Å²) < 4.78 is 0. The maximum atomic E-state index is 11.8. The predicted octanol–water partition coefficient (Wildman–Crippen LogP) is 2.65. The largest absolute Gasteiger partial charge is 0.325 e. The number of aromatic amines is 1. The molecular formula is C14H13N3O3. The smallest absolute Gasteiger partial charge is 0.274 e. The van der Waals surface area contributed by atoms with E-state index in [-0.39, 0.29) is 11.2 Å². The van der Waals surface area contributed by atoms with Crippen LogP contribution in [0.25, 0.3) is 0 Å². The fourth-order valence-electron chi connectivity index (χ4n) is 1.83. The van der Waals surface area contributed by atoms with Gasteiger partial charge in [0.05, 0.1) is 4.92 Å². The van der Waals surface area contributed by atoms with E-state index in [4.69, 9.17) is 0 Å². The lowest BCUT2D eigenvalue weighted by Crippen LogP contribution is -2.08. The first-order valence-electron chi connectivity index (χ1n) is 5.96. The number of pyridine rings is 1. The zero-order chi connectivity index (χ0) is 14.7. The van der Waals surface area contributed by atoms with Crippen molar-refractivity contribution in [2.75, 3.05) is 0 Å². The number of non-ortho nitro benzene ring substituents is 1. The first kappa shape index (κ1) is 13.7. The van der Waals surface area contributed by atoms with Crippen molar-refractivity contribution in [1.82, 2.24) is 4.98 Å². The molecule has 6 heteroatoms. The van der Waals surface area contributed by atoms with Gasteiger partial charge >= 0.3 is 0 Å². The first-order valence-corrected chi connectivity index (χ1v) is 5.96. The second-order valence-electron chi connectivity index (χ2n) is 4.42. The molecule has 0 saturated carbocycles. The summed E-state index contributed by atoms with van der Waals surface area (Å²) in [6.07, 6.45) is 1.51. The maximum absolute atomic E-state index is 11.8. The third kappa shape index (κ3) is 2.97. The van der Waals surface area contributed by atoms with Crippen molar-refractivity contribution >= 4 is 17.6 Å². The summed E-state index contributed by atoms with van der Waals surface area (Å²) in [5.41, 5.74) is 2.36. The second kappa shape index (κ2) is 5.48. The molecule has 6 nitrogen and oxygen atoms in total. The molecule has 0 aliphatic rings. The van der Waals surface area contributed by atoms with Gasteiger partial charge in [-0.1, -0.05) is 0 Å². The molecule has 0 spiro atoms. The fourth-order valence-corrected chi connectivity index (χ4v) is 1.83. The van der Waals surface area contributed by atoms with E-state index in [9.17, 15) is 14.9 Å². The monoisotopic (exact) mass is 271 g/mol. The number of aromatic nitrogens is 1. The number of rotatable bonds is 3. The summed E-state index contributed by atoms with van der Waals surface area (Å²) in [7, 11) is 0. The lowest BCUT2D eigenvalue weighted by atomic mass is 10.2. The highest BCUT2D eigenvalue weighted by Crippen LogP contribution is 2.14. The zero-order valence-corrected chi connectivity index (χ0v) is 11.1. The minimum Gasteiger partial charge on any atom is -0.325 e. The van der Waals surface area contributed by atoms with E-state index in [0.29, 0.717) is 11.3 Å². The van der Waals surface area contributed by atoms with Crippen LogP contribution in [0.3, 0.4) is 0 Å². The third-order valence-corrected chi connectivity index (χ3v) is 2.78. The van der Waals surface area contributed by atoms with Crippen molar-refractivity contribution in [3.8, 4) is 0 Å². The van der Waals surface area contributed by atoms with Crippen LogP contribution in [0.15, 0.2) is 40.1 Å². The number of nitro groups is 1. The van der Waals surface area contributed by atoms with E-state index in [1.807, 2.05) is 13.0 Å². The molecule has 1 heterocycles. The second-order valence-corrected chi connectivity index (χ2v) is 4.42. The number of aliphatic imine (C=N–C) groups is 1. The minimum atomic E-state index is -0.463. The topological polar surface area (TPSA) is 88.4 Å². The highest BCUT2D eigenvalue weighted by Gasteiger charge is 2.04. The standard InChI is InChI=1S/C14H13N3O3/c1-9-7-10(2)16-14(18)13(9)15-8-11-3-5-12(6-4-11)17(19)20/h3-8H,1-2H3,(H,16,18). The Balaban J connectivity index is 2.30. The van der Waals surface area contributed by atoms with Crippen LogP contribution in [0, 0.1) is 24.0 Å². The Bertz CT molecular complexity index is 730.